The van der Waals surface area contributed by atoms with Crippen LogP contribution in [0, 0.1) is 5.92 Å². The molecule has 0 fully saturated rings. The Balaban J connectivity index is 2.68. The van der Waals surface area contributed by atoms with Crippen LogP contribution < -0.4 is 22.5 Å². The maximum atomic E-state index is 12.1. The lowest BCUT2D eigenvalue weighted by molar-refractivity contribution is 0.255. The van der Waals surface area contributed by atoms with E-state index in [-0.39, 0.29) is 0 Å². The Morgan fingerprint density at radius 1 is 1.04 bits per heavy atom. The Morgan fingerprint density at radius 3 is 2.04 bits per heavy atom. The Labute approximate surface area is 151 Å². The molecule has 26 heavy (non-hydrogen) atoms. The van der Waals surface area contributed by atoms with Gasteiger partial charge in [0, 0.05) is 12.3 Å². The lowest BCUT2D eigenvalue weighted by atomic mass is 9.87. The first-order valence-electron chi connectivity index (χ1n) is 7.33. The summed E-state index contributed by atoms with van der Waals surface area (Å²) in [4.78, 5) is 0. The highest BCUT2D eigenvalue weighted by atomic mass is 32.3. The zero-order chi connectivity index (χ0) is 19.6. The SMILES string of the molecule is NNC1(NN)C=C[C@@H](/C=C/c2ccccc2)C(S(=O)(=O)O)(S(=O)(=O)O)C1. The number of allylic oxidation sites excluding steroid dienone is 2. The molecule has 0 unspecified atom stereocenters. The van der Waals surface area contributed by atoms with Gasteiger partial charge in [0.25, 0.3) is 20.2 Å². The monoisotopic (exact) mass is 404 g/mol. The number of nitrogens with one attached hydrogen (secondary N) is 2. The first-order chi connectivity index (χ1) is 12.0. The van der Waals surface area contributed by atoms with Crippen LogP contribution in [0.3, 0.4) is 0 Å². The molecule has 0 saturated carbocycles. The summed E-state index contributed by atoms with van der Waals surface area (Å²) in [6, 6.07) is 8.65. The van der Waals surface area contributed by atoms with Crippen molar-refractivity contribution in [1.82, 2.24) is 10.9 Å². The van der Waals surface area contributed by atoms with E-state index < -0.39 is 42.3 Å². The number of nitrogens with two attached hydrogens (primary N) is 2. The molecule has 0 bridgehead atoms. The molecule has 1 aliphatic carbocycles. The molecule has 1 aromatic carbocycles. The van der Waals surface area contributed by atoms with Crippen molar-refractivity contribution in [2.24, 2.45) is 17.6 Å². The van der Waals surface area contributed by atoms with Gasteiger partial charge in [0.05, 0.1) is 0 Å². The van der Waals surface area contributed by atoms with Crippen LogP contribution in [-0.2, 0) is 20.2 Å². The van der Waals surface area contributed by atoms with E-state index in [0.717, 1.165) is 0 Å². The molecule has 10 nitrogen and oxygen atoms in total. The Bertz CT molecular complexity index is 876. The highest BCUT2D eigenvalue weighted by Crippen LogP contribution is 2.43. The molecule has 1 atom stereocenters. The number of hydrogen-bond donors (Lipinski definition) is 6. The van der Waals surface area contributed by atoms with Crippen molar-refractivity contribution in [2.45, 2.75) is 16.2 Å². The predicted octanol–water partition coefficient (Wildman–Crippen LogP) is -0.629. The third-order valence-corrected chi connectivity index (χ3v) is 8.15. The standard InChI is InChI=1S/C14H20N4O6S2/c15-17-13(18-16)9-8-12(7-6-11-4-2-1-3-5-11)14(10-13,25(19,20)21)26(22,23)24/h1-9,12,17-18H,10,15-16H2,(H,19,20,21)(H,22,23,24)/b7-6+/t12-/m1/s1. The smallest absolute Gasteiger partial charge is 0.284 e. The minimum atomic E-state index is -5.32. The van der Waals surface area contributed by atoms with E-state index in [4.69, 9.17) is 11.7 Å². The third-order valence-electron chi connectivity index (χ3n) is 4.31. The van der Waals surface area contributed by atoms with E-state index in [1.165, 1.54) is 24.3 Å². The molecule has 0 heterocycles. The van der Waals surface area contributed by atoms with Crippen LogP contribution in [0.4, 0.5) is 0 Å². The van der Waals surface area contributed by atoms with E-state index in [1.54, 1.807) is 30.3 Å². The summed E-state index contributed by atoms with van der Waals surface area (Å²) in [5.74, 6) is 9.29. The number of hydrogen-bond acceptors (Lipinski definition) is 8. The highest BCUT2D eigenvalue weighted by Gasteiger charge is 2.63. The molecule has 0 spiro atoms. The molecule has 1 aromatic rings. The number of rotatable bonds is 6. The Morgan fingerprint density at radius 2 is 1.58 bits per heavy atom. The maximum Gasteiger partial charge on any atom is 0.288 e. The van der Waals surface area contributed by atoms with E-state index in [2.05, 4.69) is 10.9 Å². The van der Waals surface area contributed by atoms with Crippen molar-refractivity contribution >= 4 is 26.3 Å². The van der Waals surface area contributed by atoms with Crippen molar-refractivity contribution in [3.63, 3.8) is 0 Å². The van der Waals surface area contributed by atoms with E-state index in [1.807, 2.05) is 0 Å². The van der Waals surface area contributed by atoms with Gasteiger partial charge in [-0.1, -0.05) is 54.6 Å². The van der Waals surface area contributed by atoms with Gasteiger partial charge in [0.1, 0.15) is 5.66 Å². The van der Waals surface area contributed by atoms with Crippen LogP contribution in [-0.4, -0.2) is 35.7 Å². The van der Waals surface area contributed by atoms with Crippen molar-refractivity contribution in [2.75, 3.05) is 0 Å². The van der Waals surface area contributed by atoms with Crippen molar-refractivity contribution in [3.05, 3.63) is 54.1 Å². The Hall–Kier alpha value is -1.64. The largest absolute Gasteiger partial charge is 0.288 e. The van der Waals surface area contributed by atoms with Crippen LogP contribution >= 0.6 is 0 Å². The second kappa shape index (κ2) is 7.17. The minimum absolute atomic E-state index is 0.659. The molecule has 12 heteroatoms. The van der Waals surface area contributed by atoms with Crippen molar-refractivity contribution in [3.8, 4) is 0 Å². The molecule has 0 saturated heterocycles. The molecule has 1 aliphatic rings. The summed E-state index contributed by atoms with van der Waals surface area (Å²) in [6.07, 6.45) is 4.33. The van der Waals surface area contributed by atoms with Gasteiger partial charge in [-0.3, -0.25) is 20.8 Å². The molecule has 0 radical (unpaired) electrons. The minimum Gasteiger partial charge on any atom is -0.284 e. The summed E-state index contributed by atoms with van der Waals surface area (Å²) < 4.78 is 64.9. The average molecular weight is 404 g/mol. The van der Waals surface area contributed by atoms with Gasteiger partial charge in [-0.2, -0.15) is 16.8 Å². The lowest BCUT2D eigenvalue weighted by Gasteiger charge is -2.43. The van der Waals surface area contributed by atoms with E-state index in [9.17, 15) is 25.9 Å². The van der Waals surface area contributed by atoms with Crippen LogP contribution in [0.2, 0.25) is 0 Å². The van der Waals surface area contributed by atoms with Crippen molar-refractivity contribution < 1.29 is 25.9 Å². The molecule has 0 aromatic heterocycles. The molecular weight excluding hydrogens is 384 g/mol. The average Bonchev–Trinajstić information content (AvgIpc) is 2.58. The zero-order valence-electron chi connectivity index (χ0n) is 13.5. The van der Waals surface area contributed by atoms with Crippen LogP contribution in [0.5, 0.6) is 0 Å². The van der Waals surface area contributed by atoms with Crippen LogP contribution in [0.15, 0.2) is 48.6 Å². The summed E-state index contributed by atoms with van der Waals surface area (Å²) >= 11 is 0. The molecule has 0 aliphatic heterocycles. The lowest BCUT2D eigenvalue weighted by Crippen LogP contribution is -2.69. The van der Waals surface area contributed by atoms with Gasteiger partial charge in [-0.15, -0.1) is 0 Å². The molecule has 0 amide bonds. The van der Waals surface area contributed by atoms with E-state index in [0.29, 0.717) is 5.56 Å². The third kappa shape index (κ3) is 3.58. The fourth-order valence-electron chi connectivity index (χ4n) is 2.87. The van der Waals surface area contributed by atoms with Crippen LogP contribution in [0.25, 0.3) is 6.08 Å². The summed E-state index contributed by atoms with van der Waals surface area (Å²) in [5, 5.41) is 0. The first kappa shape index (κ1) is 20.7. The number of benzene rings is 1. The molecule has 2 rings (SSSR count). The van der Waals surface area contributed by atoms with Gasteiger partial charge < -0.3 is 0 Å². The molecule has 144 valence electrons. The number of hydrazine groups is 2. The van der Waals surface area contributed by atoms with Gasteiger partial charge in [0.2, 0.25) is 4.08 Å². The quantitative estimate of drug-likeness (QED) is 0.117. The van der Waals surface area contributed by atoms with Gasteiger partial charge in [-0.05, 0) is 5.56 Å². The van der Waals surface area contributed by atoms with E-state index >= 15 is 0 Å². The summed E-state index contributed by atoms with van der Waals surface area (Å²) in [5.41, 5.74) is 3.29. The van der Waals surface area contributed by atoms with Gasteiger partial charge in [0.15, 0.2) is 0 Å². The second-order valence-electron chi connectivity index (χ2n) is 5.85. The second-order valence-corrected chi connectivity index (χ2v) is 9.47. The van der Waals surface area contributed by atoms with Crippen LogP contribution in [0.1, 0.15) is 12.0 Å². The fourth-order valence-corrected chi connectivity index (χ4v) is 5.76. The topological polar surface area (TPSA) is 185 Å². The Kier molecular flexibility index (Phi) is 5.70. The maximum absolute atomic E-state index is 12.1. The fraction of sp³-hybridized carbons (Fsp3) is 0.286. The van der Waals surface area contributed by atoms with Gasteiger partial charge >= 0.3 is 0 Å². The summed E-state index contributed by atoms with van der Waals surface area (Å²) in [7, 11) is -10.6. The van der Waals surface area contributed by atoms with Gasteiger partial charge in [-0.25, -0.2) is 10.9 Å². The molecule has 8 N–H and O–H groups in total. The normalized spacial score (nSPS) is 22.5. The first-order valence-corrected chi connectivity index (χ1v) is 10.2. The van der Waals surface area contributed by atoms with Crippen molar-refractivity contribution in [1.29, 1.82) is 0 Å². The molecular formula is C14H20N4O6S2. The zero-order valence-corrected chi connectivity index (χ0v) is 15.1. The predicted molar refractivity (Wildman–Crippen MR) is 95.9 cm³/mol. The summed E-state index contributed by atoms with van der Waals surface area (Å²) in [6.45, 7) is 0. The highest BCUT2D eigenvalue weighted by molar-refractivity contribution is 8.05.